The molecular weight excluding hydrogens is 286 g/mol. The summed E-state index contributed by atoms with van der Waals surface area (Å²) in [6, 6.07) is 10.5. The number of benzene rings is 1. The second-order valence-electron chi connectivity index (χ2n) is 4.40. The summed E-state index contributed by atoms with van der Waals surface area (Å²) in [7, 11) is 1.59. The number of amides is 1. The molecule has 0 atom stereocenters. The average Bonchev–Trinajstić information content (AvgIpc) is 3.24. The summed E-state index contributed by atoms with van der Waals surface area (Å²) in [4.78, 5) is 16.0. The Kier molecular flexibility index (Phi) is 3.86. The molecule has 0 unspecified atom stereocenters. The highest BCUT2D eigenvalue weighted by molar-refractivity contribution is 5.91. The van der Waals surface area contributed by atoms with E-state index in [-0.39, 0.29) is 18.2 Å². The number of furan rings is 1. The summed E-state index contributed by atoms with van der Waals surface area (Å²) in [6.07, 6.45) is 1.43. The highest BCUT2D eigenvalue weighted by Crippen LogP contribution is 2.21. The van der Waals surface area contributed by atoms with E-state index in [9.17, 15) is 4.79 Å². The summed E-state index contributed by atoms with van der Waals surface area (Å²) in [5.74, 6) is 1.33. The van der Waals surface area contributed by atoms with Crippen molar-refractivity contribution in [3.63, 3.8) is 0 Å². The highest BCUT2D eigenvalue weighted by atomic mass is 16.5. The van der Waals surface area contributed by atoms with Crippen LogP contribution in [0.15, 0.2) is 51.6 Å². The number of hydrogen-bond acceptors (Lipinski definition) is 6. The van der Waals surface area contributed by atoms with Crippen LogP contribution in [0.25, 0.3) is 11.4 Å². The van der Waals surface area contributed by atoms with Gasteiger partial charge in [0.1, 0.15) is 5.75 Å². The number of carbonyl (C=O) groups excluding carboxylic acids is 1. The average molecular weight is 299 g/mol. The van der Waals surface area contributed by atoms with Crippen LogP contribution in [0.5, 0.6) is 5.75 Å². The molecule has 0 saturated heterocycles. The first kappa shape index (κ1) is 13.9. The van der Waals surface area contributed by atoms with Crippen molar-refractivity contribution < 1.29 is 18.5 Å². The summed E-state index contributed by atoms with van der Waals surface area (Å²) in [5.41, 5.74) is 0.770. The highest BCUT2D eigenvalue weighted by Gasteiger charge is 2.12. The van der Waals surface area contributed by atoms with Gasteiger partial charge in [-0.15, -0.1) is 0 Å². The first-order valence-corrected chi connectivity index (χ1v) is 6.55. The molecule has 1 N–H and O–H groups in total. The van der Waals surface area contributed by atoms with E-state index in [1.54, 1.807) is 25.3 Å². The largest absolute Gasteiger partial charge is 0.497 e. The van der Waals surface area contributed by atoms with E-state index < -0.39 is 0 Å². The van der Waals surface area contributed by atoms with Gasteiger partial charge in [0.05, 0.1) is 19.9 Å². The summed E-state index contributed by atoms with van der Waals surface area (Å²) in [6.45, 7) is 0.122. The van der Waals surface area contributed by atoms with E-state index in [1.165, 1.54) is 6.26 Å². The molecule has 0 aliphatic heterocycles. The fraction of sp³-hybridized carbons (Fsp3) is 0.133. The third kappa shape index (κ3) is 2.98. The Bertz CT molecular complexity index is 765. The van der Waals surface area contributed by atoms with Crippen molar-refractivity contribution in [1.29, 1.82) is 0 Å². The quantitative estimate of drug-likeness (QED) is 0.777. The van der Waals surface area contributed by atoms with Gasteiger partial charge in [-0.25, -0.2) is 0 Å². The molecule has 0 saturated carbocycles. The minimum Gasteiger partial charge on any atom is -0.497 e. The molecule has 112 valence electrons. The predicted octanol–water partition coefficient (Wildman–Crippen LogP) is 2.27. The lowest BCUT2D eigenvalue weighted by molar-refractivity contribution is 0.0918. The molecule has 0 aliphatic carbocycles. The van der Waals surface area contributed by atoms with Crippen LogP contribution in [0.2, 0.25) is 0 Å². The van der Waals surface area contributed by atoms with Crippen LogP contribution in [-0.4, -0.2) is 23.2 Å². The zero-order chi connectivity index (χ0) is 15.4. The number of rotatable bonds is 5. The molecule has 22 heavy (non-hydrogen) atoms. The Morgan fingerprint density at radius 3 is 3.00 bits per heavy atom. The lowest BCUT2D eigenvalue weighted by Crippen LogP contribution is -2.22. The molecular formula is C15H13N3O4. The van der Waals surface area contributed by atoms with Gasteiger partial charge in [-0.3, -0.25) is 4.79 Å². The van der Waals surface area contributed by atoms with Crippen LogP contribution in [0.3, 0.4) is 0 Å². The van der Waals surface area contributed by atoms with Crippen molar-refractivity contribution in [3.05, 3.63) is 54.3 Å². The number of nitrogens with zero attached hydrogens (tertiary/aromatic N) is 2. The van der Waals surface area contributed by atoms with Gasteiger partial charge >= 0.3 is 0 Å². The normalized spacial score (nSPS) is 10.4. The molecule has 0 radical (unpaired) electrons. The molecule has 3 aromatic rings. The van der Waals surface area contributed by atoms with E-state index in [4.69, 9.17) is 13.7 Å². The zero-order valence-electron chi connectivity index (χ0n) is 11.8. The fourth-order valence-corrected chi connectivity index (χ4v) is 1.86. The molecule has 2 heterocycles. The van der Waals surface area contributed by atoms with Gasteiger partial charge in [0.15, 0.2) is 5.76 Å². The third-order valence-corrected chi connectivity index (χ3v) is 2.94. The van der Waals surface area contributed by atoms with E-state index >= 15 is 0 Å². The molecule has 1 aromatic carbocycles. The number of nitrogens with one attached hydrogen (secondary N) is 1. The summed E-state index contributed by atoms with van der Waals surface area (Å²) < 4.78 is 15.3. The van der Waals surface area contributed by atoms with Gasteiger partial charge < -0.3 is 19.0 Å². The monoisotopic (exact) mass is 299 g/mol. The number of aromatic nitrogens is 2. The minimum atomic E-state index is -0.342. The Morgan fingerprint density at radius 2 is 2.23 bits per heavy atom. The molecule has 7 heteroatoms. The summed E-state index contributed by atoms with van der Waals surface area (Å²) in [5, 5.41) is 6.52. The third-order valence-electron chi connectivity index (χ3n) is 2.94. The number of ether oxygens (including phenoxy) is 1. The Labute approximate surface area is 125 Å². The van der Waals surface area contributed by atoms with Gasteiger partial charge in [-0.05, 0) is 24.3 Å². The Morgan fingerprint density at radius 1 is 1.32 bits per heavy atom. The molecule has 3 rings (SSSR count). The molecule has 0 bridgehead atoms. The molecule has 1 amide bonds. The van der Waals surface area contributed by atoms with Gasteiger partial charge in [0.2, 0.25) is 11.7 Å². The lowest BCUT2D eigenvalue weighted by Gasteiger charge is -2.00. The maximum atomic E-state index is 11.7. The van der Waals surface area contributed by atoms with E-state index in [0.717, 1.165) is 5.56 Å². The smallest absolute Gasteiger partial charge is 0.287 e. The Balaban J connectivity index is 1.67. The topological polar surface area (TPSA) is 90.4 Å². The van der Waals surface area contributed by atoms with Crippen LogP contribution in [0.4, 0.5) is 0 Å². The number of carbonyl (C=O) groups is 1. The van der Waals surface area contributed by atoms with Crippen molar-refractivity contribution in [3.8, 4) is 17.1 Å². The predicted molar refractivity (Wildman–Crippen MR) is 76.2 cm³/mol. The van der Waals surface area contributed by atoms with Crippen molar-refractivity contribution in [2.24, 2.45) is 0 Å². The number of hydrogen-bond donors (Lipinski definition) is 1. The van der Waals surface area contributed by atoms with E-state index in [0.29, 0.717) is 17.5 Å². The van der Waals surface area contributed by atoms with Gasteiger partial charge in [0, 0.05) is 5.56 Å². The van der Waals surface area contributed by atoms with Crippen LogP contribution < -0.4 is 10.1 Å². The zero-order valence-corrected chi connectivity index (χ0v) is 11.8. The van der Waals surface area contributed by atoms with Crippen molar-refractivity contribution in [2.75, 3.05) is 7.11 Å². The second kappa shape index (κ2) is 6.13. The number of methoxy groups -OCH3 is 1. The molecule has 0 fully saturated rings. The maximum Gasteiger partial charge on any atom is 0.287 e. The van der Waals surface area contributed by atoms with Crippen molar-refractivity contribution in [2.45, 2.75) is 6.54 Å². The summed E-state index contributed by atoms with van der Waals surface area (Å²) >= 11 is 0. The second-order valence-corrected chi connectivity index (χ2v) is 4.40. The molecule has 0 aliphatic rings. The fourth-order valence-electron chi connectivity index (χ4n) is 1.86. The van der Waals surface area contributed by atoms with Gasteiger partial charge in [-0.1, -0.05) is 17.3 Å². The van der Waals surface area contributed by atoms with Gasteiger partial charge in [0.25, 0.3) is 5.91 Å². The van der Waals surface area contributed by atoms with Crippen molar-refractivity contribution in [1.82, 2.24) is 15.5 Å². The minimum absolute atomic E-state index is 0.122. The first-order chi connectivity index (χ1) is 10.8. The van der Waals surface area contributed by atoms with Gasteiger partial charge in [-0.2, -0.15) is 4.98 Å². The van der Waals surface area contributed by atoms with Crippen LogP contribution in [-0.2, 0) is 6.54 Å². The van der Waals surface area contributed by atoms with Crippen molar-refractivity contribution >= 4 is 5.91 Å². The maximum absolute atomic E-state index is 11.7. The van der Waals surface area contributed by atoms with Crippen LogP contribution in [0.1, 0.15) is 16.4 Å². The standard InChI is InChI=1S/C15H13N3O4/c1-20-11-5-2-4-10(8-11)14-17-13(22-18-14)9-16-15(19)12-6-3-7-21-12/h2-8H,9H2,1H3,(H,16,19). The molecule has 2 aromatic heterocycles. The van der Waals surface area contributed by atoms with E-state index in [1.807, 2.05) is 18.2 Å². The SMILES string of the molecule is COc1cccc(-c2noc(CNC(=O)c3ccco3)n2)c1. The lowest BCUT2D eigenvalue weighted by atomic mass is 10.2. The van der Waals surface area contributed by atoms with Crippen LogP contribution >= 0.6 is 0 Å². The van der Waals surface area contributed by atoms with Crippen LogP contribution in [0, 0.1) is 0 Å². The van der Waals surface area contributed by atoms with E-state index in [2.05, 4.69) is 15.5 Å². The molecule has 7 nitrogen and oxygen atoms in total. The first-order valence-electron chi connectivity index (χ1n) is 6.55. The molecule has 0 spiro atoms. The Hall–Kier alpha value is -3.09.